The molecule has 0 aliphatic heterocycles. The van der Waals surface area contributed by atoms with Crippen LogP contribution in [-0.4, -0.2) is 23.9 Å². The molecular formula is C15H19Cl2NO. The number of benzene rings is 1. The van der Waals surface area contributed by atoms with Gasteiger partial charge in [0.25, 0.3) is 0 Å². The minimum absolute atomic E-state index is 0.210. The standard InChI is InChI=1S/C15H19Cl2NO/c1-3-18(4-2)14(19)15(6-5-7-15)11-8-12(16)10-13(17)9-11/h8-10H,3-7H2,1-2H3. The van der Waals surface area contributed by atoms with Gasteiger partial charge >= 0.3 is 0 Å². The average molecular weight is 300 g/mol. The number of rotatable bonds is 4. The summed E-state index contributed by atoms with van der Waals surface area (Å²) in [5, 5.41) is 1.20. The number of carbonyl (C=O) groups is 1. The van der Waals surface area contributed by atoms with Crippen molar-refractivity contribution >= 4 is 29.1 Å². The van der Waals surface area contributed by atoms with Crippen molar-refractivity contribution in [3.63, 3.8) is 0 Å². The van der Waals surface area contributed by atoms with Crippen LogP contribution in [-0.2, 0) is 10.2 Å². The third-order valence-electron chi connectivity index (χ3n) is 4.08. The van der Waals surface area contributed by atoms with E-state index in [0.29, 0.717) is 10.0 Å². The van der Waals surface area contributed by atoms with Gasteiger partial charge < -0.3 is 4.90 Å². The van der Waals surface area contributed by atoms with E-state index in [2.05, 4.69) is 0 Å². The maximum absolute atomic E-state index is 12.8. The topological polar surface area (TPSA) is 20.3 Å². The Kier molecular flexibility index (Phi) is 4.42. The molecule has 0 saturated heterocycles. The van der Waals surface area contributed by atoms with E-state index in [-0.39, 0.29) is 5.91 Å². The molecule has 0 unspecified atom stereocenters. The Morgan fingerprint density at radius 1 is 1.16 bits per heavy atom. The van der Waals surface area contributed by atoms with E-state index in [9.17, 15) is 4.79 Å². The lowest BCUT2D eigenvalue weighted by molar-refractivity contribution is -0.140. The zero-order chi connectivity index (χ0) is 14.0. The first-order valence-electron chi connectivity index (χ1n) is 6.79. The van der Waals surface area contributed by atoms with Crippen LogP contribution in [0, 0.1) is 0 Å². The Hall–Kier alpha value is -0.730. The van der Waals surface area contributed by atoms with E-state index in [0.717, 1.165) is 37.9 Å². The van der Waals surface area contributed by atoms with Crippen molar-refractivity contribution in [2.24, 2.45) is 0 Å². The average Bonchev–Trinajstić information content (AvgIpc) is 2.27. The first kappa shape index (κ1) is 14.7. The highest BCUT2D eigenvalue weighted by Crippen LogP contribution is 2.46. The third-order valence-corrected chi connectivity index (χ3v) is 4.52. The first-order valence-corrected chi connectivity index (χ1v) is 7.55. The minimum atomic E-state index is -0.402. The lowest BCUT2D eigenvalue weighted by Gasteiger charge is -2.43. The Labute approximate surface area is 124 Å². The molecule has 1 saturated carbocycles. The molecule has 0 aromatic heterocycles. The summed E-state index contributed by atoms with van der Waals surface area (Å²) in [6, 6.07) is 5.48. The maximum Gasteiger partial charge on any atom is 0.233 e. The third kappa shape index (κ3) is 2.61. The minimum Gasteiger partial charge on any atom is -0.342 e. The van der Waals surface area contributed by atoms with Gasteiger partial charge in [-0.15, -0.1) is 0 Å². The Morgan fingerprint density at radius 3 is 2.05 bits per heavy atom. The van der Waals surface area contributed by atoms with Crippen molar-refractivity contribution in [3.05, 3.63) is 33.8 Å². The van der Waals surface area contributed by atoms with Crippen molar-refractivity contribution in [2.45, 2.75) is 38.5 Å². The van der Waals surface area contributed by atoms with Gasteiger partial charge in [-0.1, -0.05) is 29.6 Å². The van der Waals surface area contributed by atoms with Gasteiger partial charge in [-0.3, -0.25) is 4.79 Å². The summed E-state index contributed by atoms with van der Waals surface area (Å²) in [5.41, 5.74) is 0.564. The maximum atomic E-state index is 12.8. The number of likely N-dealkylation sites (N-methyl/N-ethyl adjacent to an activating group) is 1. The zero-order valence-electron chi connectivity index (χ0n) is 11.4. The van der Waals surface area contributed by atoms with Crippen LogP contribution in [0.25, 0.3) is 0 Å². The van der Waals surface area contributed by atoms with Gasteiger partial charge in [0.1, 0.15) is 0 Å². The summed E-state index contributed by atoms with van der Waals surface area (Å²) in [7, 11) is 0. The molecule has 1 aliphatic carbocycles. The molecule has 2 rings (SSSR count). The summed E-state index contributed by atoms with van der Waals surface area (Å²) < 4.78 is 0. The molecule has 0 heterocycles. The number of hydrogen-bond donors (Lipinski definition) is 0. The van der Waals surface area contributed by atoms with Gasteiger partial charge in [0.15, 0.2) is 0 Å². The fourth-order valence-electron chi connectivity index (χ4n) is 2.80. The van der Waals surface area contributed by atoms with Gasteiger partial charge in [0.2, 0.25) is 5.91 Å². The van der Waals surface area contributed by atoms with E-state index in [1.54, 1.807) is 6.07 Å². The largest absolute Gasteiger partial charge is 0.342 e. The number of nitrogens with zero attached hydrogens (tertiary/aromatic N) is 1. The predicted molar refractivity (Wildman–Crippen MR) is 79.9 cm³/mol. The van der Waals surface area contributed by atoms with Gasteiger partial charge in [0.05, 0.1) is 5.41 Å². The van der Waals surface area contributed by atoms with Gasteiger partial charge in [0, 0.05) is 23.1 Å². The van der Waals surface area contributed by atoms with Crippen LogP contribution >= 0.6 is 23.2 Å². The van der Waals surface area contributed by atoms with Crippen LogP contribution in [0.1, 0.15) is 38.7 Å². The smallest absolute Gasteiger partial charge is 0.233 e. The van der Waals surface area contributed by atoms with E-state index < -0.39 is 5.41 Å². The van der Waals surface area contributed by atoms with Gasteiger partial charge in [-0.05, 0) is 50.5 Å². The zero-order valence-corrected chi connectivity index (χ0v) is 12.9. The molecule has 19 heavy (non-hydrogen) atoms. The molecule has 1 aliphatic rings. The molecular weight excluding hydrogens is 281 g/mol. The number of amides is 1. The fourth-order valence-corrected chi connectivity index (χ4v) is 3.33. The summed E-state index contributed by atoms with van der Waals surface area (Å²) in [5.74, 6) is 0.210. The van der Waals surface area contributed by atoms with Crippen molar-refractivity contribution in [3.8, 4) is 0 Å². The lowest BCUT2D eigenvalue weighted by Crippen LogP contribution is -2.51. The molecule has 0 N–H and O–H groups in total. The number of halogens is 2. The molecule has 4 heteroatoms. The SMILES string of the molecule is CCN(CC)C(=O)C1(c2cc(Cl)cc(Cl)c2)CCC1. The second-order valence-corrected chi connectivity index (χ2v) is 5.94. The lowest BCUT2D eigenvalue weighted by atomic mass is 9.63. The molecule has 0 radical (unpaired) electrons. The summed E-state index contributed by atoms with van der Waals surface area (Å²) in [6.07, 6.45) is 2.86. The normalized spacial score (nSPS) is 16.8. The van der Waals surface area contributed by atoms with E-state index >= 15 is 0 Å². The number of carbonyl (C=O) groups excluding carboxylic acids is 1. The Morgan fingerprint density at radius 2 is 1.68 bits per heavy atom. The van der Waals surface area contributed by atoms with E-state index in [1.165, 1.54) is 0 Å². The van der Waals surface area contributed by atoms with Gasteiger partial charge in [-0.2, -0.15) is 0 Å². The second kappa shape index (κ2) is 5.72. The highest BCUT2D eigenvalue weighted by molar-refractivity contribution is 6.34. The van der Waals surface area contributed by atoms with E-state index in [4.69, 9.17) is 23.2 Å². The quantitative estimate of drug-likeness (QED) is 0.812. The highest BCUT2D eigenvalue weighted by atomic mass is 35.5. The van der Waals surface area contributed by atoms with Crippen LogP contribution in [0.2, 0.25) is 10.0 Å². The first-order chi connectivity index (χ1) is 9.03. The van der Waals surface area contributed by atoms with Crippen LogP contribution < -0.4 is 0 Å². The van der Waals surface area contributed by atoms with Crippen molar-refractivity contribution in [2.75, 3.05) is 13.1 Å². The molecule has 1 aromatic carbocycles. The molecule has 1 aromatic rings. The van der Waals surface area contributed by atoms with Crippen LogP contribution in [0.3, 0.4) is 0 Å². The fraction of sp³-hybridized carbons (Fsp3) is 0.533. The summed E-state index contributed by atoms with van der Waals surface area (Å²) in [6.45, 7) is 5.51. The second-order valence-electron chi connectivity index (χ2n) is 5.07. The van der Waals surface area contributed by atoms with Crippen molar-refractivity contribution in [1.29, 1.82) is 0 Å². The van der Waals surface area contributed by atoms with E-state index in [1.807, 2.05) is 30.9 Å². The van der Waals surface area contributed by atoms with Crippen molar-refractivity contribution in [1.82, 2.24) is 4.90 Å². The molecule has 1 amide bonds. The van der Waals surface area contributed by atoms with Gasteiger partial charge in [-0.25, -0.2) is 0 Å². The molecule has 0 atom stereocenters. The summed E-state index contributed by atoms with van der Waals surface area (Å²) in [4.78, 5) is 14.7. The van der Waals surface area contributed by atoms with Crippen LogP contribution in [0.4, 0.5) is 0 Å². The van der Waals surface area contributed by atoms with Crippen molar-refractivity contribution < 1.29 is 4.79 Å². The Bertz CT molecular complexity index is 459. The van der Waals surface area contributed by atoms with Crippen LogP contribution in [0.15, 0.2) is 18.2 Å². The molecule has 104 valence electrons. The Balaban J connectivity index is 2.39. The summed E-state index contributed by atoms with van der Waals surface area (Å²) >= 11 is 12.2. The molecule has 0 spiro atoms. The van der Waals surface area contributed by atoms with Crippen LogP contribution in [0.5, 0.6) is 0 Å². The molecule has 2 nitrogen and oxygen atoms in total. The predicted octanol–water partition coefficient (Wildman–Crippen LogP) is 4.28. The molecule has 1 fully saturated rings. The highest BCUT2D eigenvalue weighted by Gasteiger charge is 2.47. The number of hydrogen-bond acceptors (Lipinski definition) is 1. The molecule has 0 bridgehead atoms. The monoisotopic (exact) mass is 299 g/mol.